The van der Waals surface area contributed by atoms with Gasteiger partial charge in [-0.15, -0.1) is 0 Å². The summed E-state index contributed by atoms with van der Waals surface area (Å²) in [5.74, 6) is 3.80. The first-order valence-electron chi connectivity index (χ1n) is 6.85. The highest BCUT2D eigenvalue weighted by Gasteiger charge is 2.15. The number of thioether (sulfide) groups is 1. The van der Waals surface area contributed by atoms with Gasteiger partial charge >= 0.3 is 0 Å². The molecule has 2 aromatic rings. The molecule has 0 saturated heterocycles. The number of benzene rings is 1. The molecule has 108 valence electrons. The van der Waals surface area contributed by atoms with Crippen molar-refractivity contribution in [2.45, 2.75) is 32.1 Å². The number of nitrogens with two attached hydrogens (primary N) is 1. The van der Waals surface area contributed by atoms with Crippen LogP contribution in [0.15, 0.2) is 34.9 Å². The summed E-state index contributed by atoms with van der Waals surface area (Å²) in [6.07, 6.45) is 0.710. The van der Waals surface area contributed by atoms with Gasteiger partial charge in [-0.2, -0.15) is 16.7 Å². The molecule has 1 atom stereocenters. The summed E-state index contributed by atoms with van der Waals surface area (Å²) < 4.78 is 5.26. The molecule has 0 aliphatic heterocycles. The van der Waals surface area contributed by atoms with Crippen molar-refractivity contribution in [1.82, 2.24) is 10.1 Å². The molecule has 2 N–H and O–H groups in total. The second kappa shape index (κ2) is 7.45. The molecule has 20 heavy (non-hydrogen) atoms. The van der Waals surface area contributed by atoms with Crippen LogP contribution in [0.4, 0.5) is 0 Å². The van der Waals surface area contributed by atoms with E-state index in [9.17, 15) is 0 Å². The zero-order valence-corrected chi connectivity index (χ0v) is 12.8. The lowest BCUT2D eigenvalue weighted by molar-refractivity contribution is 0.351. The summed E-state index contributed by atoms with van der Waals surface area (Å²) >= 11 is 1.82. The van der Waals surface area contributed by atoms with Crippen molar-refractivity contribution in [3.8, 4) is 0 Å². The van der Waals surface area contributed by atoms with E-state index < -0.39 is 0 Å². The zero-order valence-electron chi connectivity index (χ0n) is 12.0. The molecule has 2 rings (SSSR count). The van der Waals surface area contributed by atoms with Gasteiger partial charge in [0.25, 0.3) is 0 Å². The van der Waals surface area contributed by atoms with Gasteiger partial charge in [0.05, 0.1) is 11.8 Å². The average Bonchev–Trinajstić information content (AvgIpc) is 2.88. The minimum absolute atomic E-state index is 0.242. The second-order valence-electron chi connectivity index (χ2n) is 5.25. The molecule has 0 radical (unpaired) electrons. The molecule has 1 heterocycles. The van der Waals surface area contributed by atoms with Crippen molar-refractivity contribution in [2.24, 2.45) is 11.7 Å². The molecule has 0 spiro atoms. The Morgan fingerprint density at radius 1 is 1.25 bits per heavy atom. The summed E-state index contributed by atoms with van der Waals surface area (Å²) in [7, 11) is 0. The van der Waals surface area contributed by atoms with Crippen molar-refractivity contribution < 1.29 is 4.52 Å². The summed E-state index contributed by atoms with van der Waals surface area (Å²) in [6.45, 7) is 4.40. The van der Waals surface area contributed by atoms with E-state index in [4.69, 9.17) is 10.3 Å². The fourth-order valence-electron chi connectivity index (χ4n) is 1.82. The van der Waals surface area contributed by atoms with E-state index in [2.05, 4.69) is 36.1 Å². The molecule has 0 amide bonds. The average molecular weight is 291 g/mol. The number of hydrogen-bond donors (Lipinski definition) is 1. The number of aromatic nitrogens is 2. The van der Waals surface area contributed by atoms with Gasteiger partial charge < -0.3 is 10.3 Å². The first-order valence-corrected chi connectivity index (χ1v) is 8.00. The van der Waals surface area contributed by atoms with Crippen molar-refractivity contribution in [2.75, 3.05) is 5.75 Å². The molecule has 1 aromatic heterocycles. The molecular weight excluding hydrogens is 270 g/mol. The van der Waals surface area contributed by atoms with Gasteiger partial charge in [-0.05, 0) is 23.7 Å². The second-order valence-corrected chi connectivity index (χ2v) is 6.28. The van der Waals surface area contributed by atoms with Crippen LogP contribution in [-0.4, -0.2) is 15.9 Å². The monoisotopic (exact) mass is 291 g/mol. The van der Waals surface area contributed by atoms with Crippen molar-refractivity contribution >= 4 is 11.8 Å². The third-order valence-corrected chi connectivity index (χ3v) is 4.15. The predicted molar refractivity (Wildman–Crippen MR) is 82.4 cm³/mol. The van der Waals surface area contributed by atoms with Gasteiger partial charge in [-0.1, -0.05) is 49.3 Å². The van der Waals surface area contributed by atoms with E-state index in [1.807, 2.05) is 30.0 Å². The van der Waals surface area contributed by atoms with E-state index >= 15 is 0 Å². The molecular formula is C15H21N3OS. The molecule has 0 saturated carbocycles. The Kier molecular flexibility index (Phi) is 5.61. The number of hydrogen-bond acceptors (Lipinski definition) is 5. The lowest BCUT2D eigenvalue weighted by atomic mass is 10.1. The lowest BCUT2D eigenvalue weighted by Gasteiger charge is -2.06. The molecule has 0 bridgehead atoms. The molecule has 0 aliphatic carbocycles. The topological polar surface area (TPSA) is 64.9 Å². The Bertz CT molecular complexity index is 513. The summed E-state index contributed by atoms with van der Waals surface area (Å²) in [6, 6.07) is 9.86. The minimum atomic E-state index is -0.242. The van der Waals surface area contributed by atoms with E-state index in [0.717, 1.165) is 17.3 Å². The fourth-order valence-corrected chi connectivity index (χ4v) is 2.71. The molecule has 1 unspecified atom stereocenters. The molecule has 5 heteroatoms. The Labute approximate surface area is 124 Å². The highest BCUT2D eigenvalue weighted by molar-refractivity contribution is 7.98. The summed E-state index contributed by atoms with van der Waals surface area (Å²) in [5, 5.41) is 3.99. The van der Waals surface area contributed by atoms with Crippen LogP contribution in [0.25, 0.3) is 0 Å². The summed E-state index contributed by atoms with van der Waals surface area (Å²) in [5.41, 5.74) is 7.29. The van der Waals surface area contributed by atoms with Gasteiger partial charge in [0.2, 0.25) is 5.89 Å². The maximum Gasteiger partial charge on any atom is 0.243 e. The maximum absolute atomic E-state index is 6.11. The Balaban J connectivity index is 1.88. The van der Waals surface area contributed by atoms with E-state index in [-0.39, 0.29) is 6.04 Å². The van der Waals surface area contributed by atoms with Crippen molar-refractivity contribution in [3.05, 3.63) is 47.6 Å². The normalized spacial score (nSPS) is 12.8. The highest BCUT2D eigenvalue weighted by atomic mass is 32.2. The first-order chi connectivity index (χ1) is 9.65. The van der Waals surface area contributed by atoms with Crippen LogP contribution in [0.2, 0.25) is 0 Å². The summed E-state index contributed by atoms with van der Waals surface area (Å²) in [4.78, 5) is 4.38. The van der Waals surface area contributed by atoms with Gasteiger partial charge in [-0.3, -0.25) is 0 Å². The standard InChI is InChI=1S/C15H21N3OS/c1-11(2)9-20-10-14-17-15(19-18-14)13(16)8-12-6-4-3-5-7-12/h3-7,11,13H,8-10,16H2,1-2H3. The SMILES string of the molecule is CC(C)CSCc1noc(C(N)Cc2ccccc2)n1. The van der Waals surface area contributed by atoms with Crippen LogP contribution in [-0.2, 0) is 12.2 Å². The minimum Gasteiger partial charge on any atom is -0.338 e. The van der Waals surface area contributed by atoms with Gasteiger partial charge in [0, 0.05) is 0 Å². The quantitative estimate of drug-likeness (QED) is 0.848. The van der Waals surface area contributed by atoms with Crippen LogP contribution < -0.4 is 5.73 Å². The van der Waals surface area contributed by atoms with Crippen LogP contribution in [0.5, 0.6) is 0 Å². The van der Waals surface area contributed by atoms with Crippen LogP contribution in [0, 0.1) is 5.92 Å². The highest BCUT2D eigenvalue weighted by Crippen LogP contribution is 2.17. The number of nitrogens with zero attached hydrogens (tertiary/aromatic N) is 2. The largest absolute Gasteiger partial charge is 0.338 e. The predicted octanol–water partition coefficient (Wildman–Crippen LogP) is 3.20. The van der Waals surface area contributed by atoms with Crippen LogP contribution >= 0.6 is 11.8 Å². The smallest absolute Gasteiger partial charge is 0.243 e. The Hall–Kier alpha value is -1.33. The van der Waals surface area contributed by atoms with E-state index in [1.165, 1.54) is 5.56 Å². The Morgan fingerprint density at radius 2 is 2.00 bits per heavy atom. The maximum atomic E-state index is 6.11. The fraction of sp³-hybridized carbons (Fsp3) is 0.467. The van der Waals surface area contributed by atoms with Crippen LogP contribution in [0.3, 0.4) is 0 Å². The molecule has 1 aromatic carbocycles. The van der Waals surface area contributed by atoms with Crippen molar-refractivity contribution in [1.29, 1.82) is 0 Å². The molecule has 0 fully saturated rings. The van der Waals surface area contributed by atoms with Crippen molar-refractivity contribution in [3.63, 3.8) is 0 Å². The Morgan fingerprint density at radius 3 is 2.70 bits per heavy atom. The first kappa shape index (κ1) is 15.1. The van der Waals surface area contributed by atoms with E-state index in [1.54, 1.807) is 0 Å². The van der Waals surface area contributed by atoms with Gasteiger partial charge in [-0.25, -0.2) is 0 Å². The zero-order chi connectivity index (χ0) is 14.4. The third kappa shape index (κ3) is 4.65. The van der Waals surface area contributed by atoms with Gasteiger partial charge in [0.1, 0.15) is 0 Å². The van der Waals surface area contributed by atoms with Crippen LogP contribution in [0.1, 0.15) is 37.2 Å². The molecule has 4 nitrogen and oxygen atoms in total. The third-order valence-electron chi connectivity index (χ3n) is 2.78. The molecule has 0 aliphatic rings. The van der Waals surface area contributed by atoms with Gasteiger partial charge in [0.15, 0.2) is 5.82 Å². The lowest BCUT2D eigenvalue weighted by Crippen LogP contribution is -2.13. The number of rotatable bonds is 7. The van der Waals surface area contributed by atoms with E-state index in [0.29, 0.717) is 18.2 Å².